The Hall–Kier alpha value is -3.47. The van der Waals surface area contributed by atoms with Crippen molar-refractivity contribution >= 4 is 30.3 Å². The number of nitrogens with two attached hydrogens (primary N) is 1. The van der Waals surface area contributed by atoms with Gasteiger partial charge in [0.1, 0.15) is 0 Å². The van der Waals surface area contributed by atoms with Crippen LogP contribution in [0.1, 0.15) is 11.1 Å². The molecule has 0 amide bonds. The van der Waals surface area contributed by atoms with E-state index in [9.17, 15) is 0 Å². The van der Waals surface area contributed by atoms with E-state index in [1.165, 1.54) is 6.20 Å². The monoisotopic (exact) mass is 333 g/mol. The first kappa shape index (κ1) is 19.6. The Morgan fingerprint density at radius 2 is 1.44 bits per heavy atom. The second-order valence-electron chi connectivity index (χ2n) is 4.73. The van der Waals surface area contributed by atoms with Gasteiger partial charge in [-0.1, -0.05) is 60.7 Å². The summed E-state index contributed by atoms with van der Waals surface area (Å²) in [6.45, 7) is 2.50. The molecule has 0 aliphatic carbocycles. The Morgan fingerprint density at radius 1 is 0.920 bits per heavy atom. The van der Waals surface area contributed by atoms with Gasteiger partial charge in [0.25, 0.3) is 0 Å². The summed E-state index contributed by atoms with van der Waals surface area (Å²) in [7, 11) is 1.74. The predicted octanol–water partition coefficient (Wildman–Crippen LogP) is 3.57. The zero-order valence-electron chi connectivity index (χ0n) is 14.3. The van der Waals surface area contributed by atoms with E-state index in [2.05, 4.69) is 22.2 Å². The maximum Gasteiger partial charge on any atom is 0.0564 e. The van der Waals surface area contributed by atoms with Crippen molar-refractivity contribution in [2.45, 2.75) is 0 Å². The molecule has 0 aliphatic rings. The maximum absolute atomic E-state index is 5.67. The number of aliphatic imine (C=N–C) groups is 1. The molecule has 0 atom stereocenters. The van der Waals surface area contributed by atoms with Gasteiger partial charge in [0.2, 0.25) is 0 Å². The molecule has 128 valence electrons. The van der Waals surface area contributed by atoms with E-state index in [0.29, 0.717) is 0 Å². The normalized spacial score (nSPS) is 12.0. The summed E-state index contributed by atoms with van der Waals surface area (Å²) in [6.07, 6.45) is 6.82. The number of nitrogens with one attached hydrogen (secondary N) is 2. The van der Waals surface area contributed by atoms with Crippen molar-refractivity contribution in [1.29, 1.82) is 5.41 Å². The number of hydrogen-bond acceptors (Lipinski definition) is 5. The highest BCUT2D eigenvalue weighted by Crippen LogP contribution is 2.11. The summed E-state index contributed by atoms with van der Waals surface area (Å²) in [4.78, 5) is 4.07. The summed E-state index contributed by atoms with van der Waals surface area (Å²) in [5, 5.41) is 9.71. The van der Waals surface area contributed by atoms with E-state index < -0.39 is 0 Å². The van der Waals surface area contributed by atoms with Crippen molar-refractivity contribution in [3.8, 4) is 0 Å². The molecule has 0 spiro atoms. The van der Waals surface area contributed by atoms with Gasteiger partial charge in [-0.25, -0.2) is 0 Å². The molecule has 2 aromatic rings. The summed E-state index contributed by atoms with van der Waals surface area (Å²) >= 11 is 0. The third-order valence-electron chi connectivity index (χ3n) is 3.16. The molecule has 0 fully saturated rings. The lowest BCUT2D eigenvalue weighted by atomic mass is 10.1. The number of allylic oxidation sites excluding steroid dienone is 2. The molecule has 0 aliphatic heterocycles. The molecular formula is C20H23N5. The van der Waals surface area contributed by atoms with E-state index >= 15 is 0 Å². The Balaban J connectivity index is 0.00000151. The van der Waals surface area contributed by atoms with Crippen molar-refractivity contribution in [2.24, 2.45) is 15.8 Å². The highest BCUT2D eigenvalue weighted by Gasteiger charge is 1.97. The molecule has 0 heterocycles. The van der Waals surface area contributed by atoms with Gasteiger partial charge in [0, 0.05) is 36.8 Å². The van der Waals surface area contributed by atoms with Crippen LogP contribution < -0.4 is 11.2 Å². The minimum Gasteiger partial charge on any atom is -0.404 e. The van der Waals surface area contributed by atoms with Crippen LogP contribution in [0, 0.1) is 5.41 Å². The first-order chi connectivity index (χ1) is 12.3. The number of hydrazone groups is 1. The Bertz CT molecular complexity index is 731. The van der Waals surface area contributed by atoms with Gasteiger partial charge < -0.3 is 11.1 Å². The third-order valence-corrected chi connectivity index (χ3v) is 3.16. The van der Waals surface area contributed by atoms with Crippen LogP contribution in [-0.4, -0.2) is 26.2 Å². The van der Waals surface area contributed by atoms with Gasteiger partial charge >= 0.3 is 0 Å². The van der Waals surface area contributed by atoms with E-state index in [-0.39, 0.29) is 0 Å². The summed E-state index contributed by atoms with van der Waals surface area (Å²) in [6, 6.07) is 19.9. The molecule has 0 saturated carbocycles. The second kappa shape index (κ2) is 12.0. The van der Waals surface area contributed by atoms with Crippen molar-refractivity contribution in [3.63, 3.8) is 0 Å². The fourth-order valence-electron chi connectivity index (χ4n) is 2.02. The van der Waals surface area contributed by atoms with E-state index in [0.717, 1.165) is 22.3 Å². The van der Waals surface area contributed by atoms with Crippen molar-refractivity contribution < 1.29 is 0 Å². The lowest BCUT2D eigenvalue weighted by molar-refractivity contribution is 0.981. The maximum atomic E-state index is 5.67. The quantitative estimate of drug-likeness (QED) is 0.557. The van der Waals surface area contributed by atoms with Crippen LogP contribution in [0.2, 0.25) is 0 Å². The first-order valence-corrected chi connectivity index (χ1v) is 7.64. The highest BCUT2D eigenvalue weighted by atomic mass is 15.3. The van der Waals surface area contributed by atoms with Crippen molar-refractivity contribution in [3.05, 3.63) is 84.2 Å². The molecule has 5 nitrogen and oxygen atoms in total. The van der Waals surface area contributed by atoms with Gasteiger partial charge in [-0.05, 0) is 17.8 Å². The average molecular weight is 333 g/mol. The molecule has 2 aromatic carbocycles. The highest BCUT2D eigenvalue weighted by molar-refractivity contribution is 6.10. The second-order valence-corrected chi connectivity index (χ2v) is 4.73. The van der Waals surface area contributed by atoms with E-state index in [1.54, 1.807) is 25.7 Å². The number of rotatable bonds is 6. The molecule has 2 rings (SSSR count). The average Bonchev–Trinajstić information content (AvgIpc) is 2.70. The zero-order valence-corrected chi connectivity index (χ0v) is 14.3. The first-order valence-electron chi connectivity index (χ1n) is 7.64. The molecule has 0 unspecified atom stereocenters. The largest absolute Gasteiger partial charge is 0.404 e. The number of benzene rings is 2. The standard InChI is InChI=1S/C19H20N4.CH3N/c1-21-13-19(17-10-6-3-7-11-17)15-23-22-14-18(12-20)16-8-4-2-5-9-16;1-2/h2-15,23H,20H2,1H3;2H,1H2/b18-12+,19-15+,21-13?,22-14+;. The summed E-state index contributed by atoms with van der Waals surface area (Å²) in [5.74, 6) is 0. The molecule has 0 radical (unpaired) electrons. The van der Waals surface area contributed by atoms with Gasteiger partial charge in [0.15, 0.2) is 0 Å². The van der Waals surface area contributed by atoms with Crippen LogP contribution in [0.5, 0.6) is 0 Å². The van der Waals surface area contributed by atoms with Crippen molar-refractivity contribution in [1.82, 2.24) is 5.43 Å². The van der Waals surface area contributed by atoms with Crippen LogP contribution in [0.15, 0.2) is 83.2 Å². The minimum atomic E-state index is 0.844. The van der Waals surface area contributed by atoms with Crippen LogP contribution in [0.3, 0.4) is 0 Å². The Kier molecular flexibility index (Phi) is 9.41. The number of nitrogens with zero attached hydrogens (tertiary/aromatic N) is 2. The van der Waals surface area contributed by atoms with Crippen LogP contribution >= 0.6 is 0 Å². The van der Waals surface area contributed by atoms with E-state index in [1.807, 2.05) is 60.7 Å². The lowest BCUT2D eigenvalue weighted by Crippen LogP contribution is -2.00. The molecule has 25 heavy (non-hydrogen) atoms. The fraction of sp³-hybridized carbons (Fsp3) is 0.0500. The molecule has 0 bridgehead atoms. The SMILES string of the molecule is C=N.CN=C/C(=C\N/N=C/C(=C\N)c1ccccc1)c1ccccc1. The molecule has 0 saturated heterocycles. The topological polar surface area (TPSA) is 86.6 Å². The molecule has 5 heteroatoms. The summed E-state index contributed by atoms with van der Waals surface area (Å²) in [5.41, 5.74) is 12.5. The third kappa shape index (κ3) is 6.66. The predicted molar refractivity (Wildman–Crippen MR) is 109 cm³/mol. The molecule has 4 N–H and O–H groups in total. The van der Waals surface area contributed by atoms with Crippen LogP contribution in [0.25, 0.3) is 11.1 Å². The smallest absolute Gasteiger partial charge is 0.0564 e. The van der Waals surface area contributed by atoms with Crippen molar-refractivity contribution in [2.75, 3.05) is 7.05 Å². The summed E-state index contributed by atoms with van der Waals surface area (Å²) < 4.78 is 0. The fourth-order valence-corrected chi connectivity index (χ4v) is 2.02. The van der Waals surface area contributed by atoms with Crippen LogP contribution in [0.4, 0.5) is 0 Å². The van der Waals surface area contributed by atoms with Gasteiger partial charge in [0.05, 0.1) is 6.21 Å². The van der Waals surface area contributed by atoms with E-state index in [4.69, 9.17) is 11.1 Å². The van der Waals surface area contributed by atoms with Gasteiger partial charge in [-0.15, -0.1) is 0 Å². The van der Waals surface area contributed by atoms with Gasteiger partial charge in [-0.3, -0.25) is 10.4 Å². The number of hydrogen-bond donors (Lipinski definition) is 3. The Labute approximate surface area is 148 Å². The lowest BCUT2D eigenvalue weighted by Gasteiger charge is -2.02. The molecular weight excluding hydrogens is 310 g/mol. The Morgan fingerprint density at radius 3 is 1.92 bits per heavy atom. The van der Waals surface area contributed by atoms with Crippen LogP contribution in [-0.2, 0) is 0 Å². The van der Waals surface area contributed by atoms with Gasteiger partial charge in [-0.2, -0.15) is 5.10 Å². The minimum absolute atomic E-state index is 0.844. The zero-order chi connectivity index (χ0) is 18.3. The molecule has 0 aromatic heterocycles.